The Hall–Kier alpha value is -1.62. The first-order chi connectivity index (χ1) is 10.2. The second-order valence-electron chi connectivity index (χ2n) is 5.28. The van der Waals surface area contributed by atoms with Crippen molar-refractivity contribution < 1.29 is 18.7 Å². The summed E-state index contributed by atoms with van der Waals surface area (Å²) in [5, 5.41) is 3.01. The molecule has 4 nitrogen and oxygen atoms in total. The van der Waals surface area contributed by atoms with Gasteiger partial charge in [0.05, 0.1) is 12.7 Å². The van der Waals surface area contributed by atoms with Crippen molar-refractivity contribution in [3.05, 3.63) is 29.6 Å². The van der Waals surface area contributed by atoms with Crippen LogP contribution in [-0.2, 0) is 4.74 Å². The van der Waals surface area contributed by atoms with Crippen molar-refractivity contribution in [1.82, 2.24) is 5.32 Å². The highest BCUT2D eigenvalue weighted by Gasteiger charge is 2.25. The molecule has 1 aromatic carbocycles. The summed E-state index contributed by atoms with van der Waals surface area (Å²) >= 11 is 0. The predicted molar refractivity (Wildman–Crippen MR) is 78.0 cm³/mol. The lowest BCUT2D eigenvalue weighted by molar-refractivity contribution is 0.0510. The van der Waals surface area contributed by atoms with Crippen LogP contribution < -0.4 is 10.1 Å². The number of hydrogen-bond donors (Lipinski definition) is 1. The van der Waals surface area contributed by atoms with Crippen molar-refractivity contribution in [1.29, 1.82) is 0 Å². The van der Waals surface area contributed by atoms with E-state index < -0.39 is 5.82 Å². The molecule has 0 spiro atoms. The van der Waals surface area contributed by atoms with Crippen molar-refractivity contribution in [2.45, 2.75) is 32.2 Å². The van der Waals surface area contributed by atoms with Crippen molar-refractivity contribution in [3.8, 4) is 5.75 Å². The Morgan fingerprint density at radius 2 is 2.19 bits per heavy atom. The van der Waals surface area contributed by atoms with Gasteiger partial charge in [0.15, 0.2) is 0 Å². The molecule has 1 heterocycles. The minimum atomic E-state index is -0.444. The normalized spacial score (nSPS) is 17.3. The summed E-state index contributed by atoms with van der Waals surface area (Å²) in [4.78, 5) is 12.4. The van der Waals surface area contributed by atoms with Crippen molar-refractivity contribution >= 4 is 5.91 Å². The van der Waals surface area contributed by atoms with Gasteiger partial charge in [0, 0.05) is 19.3 Å². The largest absolute Gasteiger partial charge is 0.496 e. The molecule has 0 aliphatic carbocycles. The van der Waals surface area contributed by atoms with Crippen LogP contribution in [0.3, 0.4) is 0 Å². The van der Waals surface area contributed by atoms with E-state index in [4.69, 9.17) is 9.47 Å². The van der Waals surface area contributed by atoms with Gasteiger partial charge in [-0.2, -0.15) is 0 Å². The molecule has 1 aliphatic rings. The lowest BCUT2D eigenvalue weighted by Gasteiger charge is -2.30. The molecule has 5 heteroatoms. The Kier molecular flexibility index (Phi) is 5.56. The van der Waals surface area contributed by atoms with E-state index in [-0.39, 0.29) is 17.5 Å². The second kappa shape index (κ2) is 7.41. The lowest BCUT2D eigenvalue weighted by atomic mass is 9.90. The van der Waals surface area contributed by atoms with Crippen LogP contribution >= 0.6 is 0 Å². The third-order valence-corrected chi connectivity index (χ3v) is 4.00. The number of ether oxygens (including phenoxy) is 2. The molecule has 21 heavy (non-hydrogen) atoms. The zero-order valence-electron chi connectivity index (χ0n) is 12.5. The third kappa shape index (κ3) is 3.94. The molecule has 0 bridgehead atoms. The molecule has 0 radical (unpaired) electrons. The molecule has 2 rings (SSSR count). The fourth-order valence-electron chi connectivity index (χ4n) is 2.78. The van der Waals surface area contributed by atoms with Crippen molar-refractivity contribution in [2.24, 2.45) is 5.92 Å². The van der Waals surface area contributed by atoms with Gasteiger partial charge in [0.25, 0.3) is 5.91 Å². The first-order valence-electron chi connectivity index (χ1n) is 7.37. The van der Waals surface area contributed by atoms with E-state index >= 15 is 0 Å². The quantitative estimate of drug-likeness (QED) is 0.908. The smallest absolute Gasteiger partial charge is 0.255 e. The lowest BCUT2D eigenvalue weighted by Crippen LogP contribution is -2.42. The Labute approximate surface area is 124 Å². The number of methoxy groups -OCH3 is 1. The SMILES string of the molecule is CCC(NC(=O)c1cc(F)ccc1OC)C1CCOCC1. The van der Waals surface area contributed by atoms with Gasteiger partial charge in [-0.25, -0.2) is 4.39 Å². The number of halogens is 1. The number of carbonyl (C=O) groups excluding carboxylic acids is 1. The maximum absolute atomic E-state index is 13.4. The first-order valence-corrected chi connectivity index (χ1v) is 7.37. The fourth-order valence-corrected chi connectivity index (χ4v) is 2.78. The van der Waals surface area contributed by atoms with E-state index in [2.05, 4.69) is 5.32 Å². The van der Waals surface area contributed by atoms with Gasteiger partial charge in [-0.05, 0) is 43.4 Å². The highest BCUT2D eigenvalue weighted by molar-refractivity contribution is 5.97. The predicted octanol–water partition coefficient (Wildman–Crippen LogP) is 2.77. The highest BCUT2D eigenvalue weighted by Crippen LogP contribution is 2.23. The summed E-state index contributed by atoms with van der Waals surface area (Å²) < 4.78 is 23.9. The Bertz CT molecular complexity index is 486. The summed E-state index contributed by atoms with van der Waals surface area (Å²) in [6, 6.07) is 4.05. The molecule has 0 aromatic heterocycles. The Morgan fingerprint density at radius 3 is 2.81 bits per heavy atom. The molecular formula is C16H22FNO3. The Balaban J connectivity index is 2.10. The van der Waals surface area contributed by atoms with Gasteiger partial charge in [-0.15, -0.1) is 0 Å². The monoisotopic (exact) mass is 295 g/mol. The van der Waals surface area contributed by atoms with Gasteiger partial charge in [-0.3, -0.25) is 4.79 Å². The van der Waals surface area contributed by atoms with E-state index in [1.54, 1.807) is 0 Å². The molecular weight excluding hydrogens is 273 g/mol. The Morgan fingerprint density at radius 1 is 1.48 bits per heavy atom. The number of hydrogen-bond acceptors (Lipinski definition) is 3. The fraction of sp³-hybridized carbons (Fsp3) is 0.562. The van der Waals surface area contributed by atoms with Crippen LogP contribution in [0.25, 0.3) is 0 Å². The van der Waals surface area contributed by atoms with Crippen LogP contribution in [0.15, 0.2) is 18.2 Å². The molecule has 1 aliphatic heterocycles. The summed E-state index contributed by atoms with van der Waals surface area (Å²) in [6.07, 6.45) is 2.73. The molecule has 1 atom stereocenters. The zero-order valence-corrected chi connectivity index (χ0v) is 12.5. The topological polar surface area (TPSA) is 47.6 Å². The van der Waals surface area contributed by atoms with Gasteiger partial charge in [0.2, 0.25) is 0 Å². The summed E-state index contributed by atoms with van der Waals surface area (Å²) in [5.74, 6) is 0.0627. The molecule has 1 N–H and O–H groups in total. The van der Waals surface area contributed by atoms with E-state index in [1.807, 2.05) is 6.92 Å². The number of amides is 1. The molecule has 1 aromatic rings. The van der Waals surface area contributed by atoms with Crippen LogP contribution in [0.2, 0.25) is 0 Å². The van der Waals surface area contributed by atoms with Gasteiger partial charge < -0.3 is 14.8 Å². The van der Waals surface area contributed by atoms with Crippen molar-refractivity contribution in [2.75, 3.05) is 20.3 Å². The molecule has 0 saturated carbocycles. The van der Waals surface area contributed by atoms with Crippen LogP contribution in [0.1, 0.15) is 36.5 Å². The van der Waals surface area contributed by atoms with Crippen LogP contribution in [-0.4, -0.2) is 32.3 Å². The minimum absolute atomic E-state index is 0.0781. The maximum atomic E-state index is 13.4. The van der Waals surface area contributed by atoms with Crippen LogP contribution in [0, 0.1) is 11.7 Å². The van der Waals surface area contributed by atoms with Gasteiger partial charge >= 0.3 is 0 Å². The summed E-state index contributed by atoms with van der Waals surface area (Å²) in [5.41, 5.74) is 0.239. The van der Waals surface area contributed by atoms with E-state index in [0.29, 0.717) is 11.7 Å². The number of nitrogens with one attached hydrogen (secondary N) is 1. The zero-order chi connectivity index (χ0) is 15.2. The maximum Gasteiger partial charge on any atom is 0.255 e. The first kappa shape index (κ1) is 15.8. The average Bonchev–Trinajstić information content (AvgIpc) is 2.53. The number of rotatable bonds is 5. The van der Waals surface area contributed by atoms with Gasteiger partial charge in [-0.1, -0.05) is 6.92 Å². The molecule has 1 unspecified atom stereocenters. The summed E-state index contributed by atoms with van der Waals surface area (Å²) in [6.45, 7) is 3.52. The third-order valence-electron chi connectivity index (χ3n) is 4.00. The van der Waals surface area contributed by atoms with E-state index in [1.165, 1.54) is 25.3 Å². The van der Waals surface area contributed by atoms with Gasteiger partial charge in [0.1, 0.15) is 11.6 Å². The van der Waals surface area contributed by atoms with Crippen LogP contribution in [0.5, 0.6) is 5.75 Å². The molecule has 1 fully saturated rings. The number of benzene rings is 1. The number of carbonyl (C=O) groups is 1. The highest BCUT2D eigenvalue weighted by atomic mass is 19.1. The molecule has 1 amide bonds. The standard InChI is InChI=1S/C16H22FNO3/c1-3-14(11-6-8-21-9-7-11)18-16(19)13-10-12(17)4-5-15(13)20-2/h4-5,10-11,14H,3,6-9H2,1-2H3,(H,18,19). The van der Waals surface area contributed by atoms with E-state index in [9.17, 15) is 9.18 Å². The van der Waals surface area contributed by atoms with E-state index in [0.717, 1.165) is 32.5 Å². The minimum Gasteiger partial charge on any atom is -0.496 e. The van der Waals surface area contributed by atoms with Crippen LogP contribution in [0.4, 0.5) is 4.39 Å². The second-order valence-corrected chi connectivity index (χ2v) is 5.28. The molecule has 1 saturated heterocycles. The summed E-state index contributed by atoms with van der Waals surface area (Å²) in [7, 11) is 1.47. The molecule has 116 valence electrons. The van der Waals surface area contributed by atoms with Crippen molar-refractivity contribution in [3.63, 3.8) is 0 Å². The average molecular weight is 295 g/mol.